The summed E-state index contributed by atoms with van der Waals surface area (Å²) in [6, 6.07) is 4.77. The fourth-order valence-electron chi connectivity index (χ4n) is 5.84. The van der Waals surface area contributed by atoms with Crippen LogP contribution in [0.3, 0.4) is 0 Å². The van der Waals surface area contributed by atoms with E-state index in [1.165, 1.54) is 48.8 Å². The smallest absolute Gasteiger partial charge is 0.123 e. The van der Waals surface area contributed by atoms with Crippen molar-refractivity contribution in [1.82, 2.24) is 4.90 Å². The number of rotatable bonds is 5. The van der Waals surface area contributed by atoms with Crippen LogP contribution in [0.2, 0.25) is 0 Å². The van der Waals surface area contributed by atoms with Gasteiger partial charge in [0.25, 0.3) is 0 Å². The highest BCUT2D eigenvalue weighted by Gasteiger charge is 2.51. The Hall–Kier alpha value is -1.06. The summed E-state index contributed by atoms with van der Waals surface area (Å²) in [5, 5.41) is 0. The van der Waals surface area contributed by atoms with E-state index in [1.807, 2.05) is 7.11 Å². The van der Waals surface area contributed by atoms with E-state index in [0.29, 0.717) is 5.92 Å². The molecule has 1 aromatic carbocycles. The molecule has 1 saturated carbocycles. The molecule has 0 bridgehead atoms. The maximum absolute atomic E-state index is 5.79. The molecule has 0 saturated heterocycles. The molecular weight excluding hydrogens is 310 g/mol. The first-order chi connectivity index (χ1) is 11.8. The molecule has 3 rings (SSSR count). The number of hydrogen-bond acceptors (Lipinski definition) is 3. The Balaban J connectivity index is 2.05. The van der Waals surface area contributed by atoms with Gasteiger partial charge in [-0.15, -0.1) is 0 Å². The third-order valence-corrected chi connectivity index (χ3v) is 6.84. The molecule has 0 N–H and O–H groups in total. The zero-order valence-electron chi connectivity index (χ0n) is 16.9. The molecule has 1 aromatic rings. The van der Waals surface area contributed by atoms with E-state index in [-0.39, 0.29) is 10.8 Å². The molecule has 2 aliphatic carbocycles. The summed E-state index contributed by atoms with van der Waals surface area (Å²) in [5.74, 6) is 1.74. The number of methoxy groups -OCH3 is 2. The molecule has 0 unspecified atom stereocenters. The third-order valence-electron chi connectivity index (χ3n) is 6.84. The van der Waals surface area contributed by atoms with Crippen LogP contribution in [0, 0.1) is 11.3 Å². The molecule has 3 atom stereocenters. The van der Waals surface area contributed by atoms with E-state index in [0.717, 1.165) is 18.9 Å². The Morgan fingerprint density at radius 3 is 2.56 bits per heavy atom. The summed E-state index contributed by atoms with van der Waals surface area (Å²) < 4.78 is 11.4. The molecule has 0 aromatic heterocycles. The zero-order valence-corrected chi connectivity index (χ0v) is 16.9. The van der Waals surface area contributed by atoms with Gasteiger partial charge in [-0.25, -0.2) is 0 Å². The van der Waals surface area contributed by atoms with E-state index >= 15 is 0 Å². The van der Waals surface area contributed by atoms with Crippen LogP contribution in [-0.4, -0.2) is 39.8 Å². The number of benzene rings is 1. The molecule has 0 heterocycles. The van der Waals surface area contributed by atoms with Crippen molar-refractivity contribution in [1.29, 1.82) is 0 Å². The standard InChI is InChI=1S/C22H35NO2/c1-21(15-24-5)10-7-11-22(2)18-13-19(25-6)17(14-23(3)4)12-16(18)8-9-20(21)22/h12-13,20H,7-11,14-15H2,1-6H3/t20-,21+,22+/m0/s1. The van der Waals surface area contributed by atoms with Crippen LogP contribution in [-0.2, 0) is 23.1 Å². The highest BCUT2D eigenvalue weighted by molar-refractivity contribution is 5.48. The number of ether oxygens (including phenoxy) is 2. The number of fused-ring (bicyclic) bond motifs is 3. The molecule has 0 radical (unpaired) electrons. The van der Waals surface area contributed by atoms with Crippen LogP contribution in [0.4, 0.5) is 0 Å². The van der Waals surface area contributed by atoms with Gasteiger partial charge in [0.1, 0.15) is 5.75 Å². The van der Waals surface area contributed by atoms with E-state index in [9.17, 15) is 0 Å². The first-order valence-electron chi connectivity index (χ1n) is 9.68. The summed E-state index contributed by atoms with van der Waals surface area (Å²) >= 11 is 0. The van der Waals surface area contributed by atoms with Crippen molar-refractivity contribution in [3.8, 4) is 5.75 Å². The van der Waals surface area contributed by atoms with Crippen LogP contribution >= 0.6 is 0 Å². The Kier molecular flexibility index (Phi) is 5.18. The minimum absolute atomic E-state index is 0.239. The van der Waals surface area contributed by atoms with E-state index in [1.54, 1.807) is 7.11 Å². The van der Waals surface area contributed by atoms with Crippen molar-refractivity contribution < 1.29 is 9.47 Å². The van der Waals surface area contributed by atoms with Gasteiger partial charge in [0, 0.05) is 19.2 Å². The maximum Gasteiger partial charge on any atom is 0.123 e. The topological polar surface area (TPSA) is 21.7 Å². The second kappa shape index (κ2) is 6.92. The van der Waals surface area contributed by atoms with Crippen LogP contribution in [0.25, 0.3) is 0 Å². The lowest BCUT2D eigenvalue weighted by molar-refractivity contribution is -0.0325. The molecule has 0 spiro atoms. The van der Waals surface area contributed by atoms with E-state index in [4.69, 9.17) is 9.47 Å². The summed E-state index contributed by atoms with van der Waals surface area (Å²) in [7, 11) is 7.89. The molecule has 3 heteroatoms. The molecule has 0 aliphatic heterocycles. The van der Waals surface area contributed by atoms with Crippen LogP contribution in [0.1, 0.15) is 56.2 Å². The predicted molar refractivity (Wildman–Crippen MR) is 103 cm³/mol. The monoisotopic (exact) mass is 345 g/mol. The molecule has 25 heavy (non-hydrogen) atoms. The molecule has 0 amide bonds. The first kappa shape index (κ1) is 18.7. The van der Waals surface area contributed by atoms with Gasteiger partial charge in [0.2, 0.25) is 0 Å². The Bertz CT molecular complexity index is 623. The van der Waals surface area contributed by atoms with E-state index < -0.39 is 0 Å². The van der Waals surface area contributed by atoms with Gasteiger partial charge in [-0.2, -0.15) is 0 Å². The largest absolute Gasteiger partial charge is 0.496 e. The lowest BCUT2D eigenvalue weighted by atomic mass is 9.50. The molecule has 3 nitrogen and oxygen atoms in total. The normalized spacial score (nSPS) is 31.6. The Labute approximate surface area is 153 Å². The second-order valence-corrected chi connectivity index (χ2v) is 9.01. The highest BCUT2D eigenvalue weighted by Crippen LogP contribution is 2.57. The van der Waals surface area contributed by atoms with Gasteiger partial charge >= 0.3 is 0 Å². The second-order valence-electron chi connectivity index (χ2n) is 9.01. The zero-order chi connectivity index (χ0) is 18.2. The molecular formula is C22H35NO2. The van der Waals surface area contributed by atoms with Gasteiger partial charge in [-0.1, -0.05) is 26.3 Å². The van der Waals surface area contributed by atoms with Gasteiger partial charge in [0.15, 0.2) is 0 Å². The van der Waals surface area contributed by atoms with Gasteiger partial charge in [-0.05, 0) is 73.7 Å². The summed E-state index contributed by atoms with van der Waals surface area (Å²) in [6.45, 7) is 6.74. The lowest BCUT2D eigenvalue weighted by Gasteiger charge is -2.55. The average molecular weight is 346 g/mol. The molecule has 140 valence electrons. The lowest BCUT2D eigenvalue weighted by Crippen LogP contribution is -2.50. The summed E-state index contributed by atoms with van der Waals surface area (Å²) in [4.78, 5) is 2.22. The van der Waals surface area contributed by atoms with Crippen molar-refractivity contribution in [3.05, 3.63) is 28.8 Å². The fourth-order valence-corrected chi connectivity index (χ4v) is 5.84. The van der Waals surface area contributed by atoms with Crippen molar-refractivity contribution in [2.45, 2.75) is 57.9 Å². The molecule has 1 fully saturated rings. The van der Waals surface area contributed by atoms with Crippen molar-refractivity contribution in [3.63, 3.8) is 0 Å². The highest BCUT2D eigenvalue weighted by atomic mass is 16.5. The SMILES string of the molecule is COC[C@@]1(C)CCC[C@]2(C)c3cc(OC)c(CN(C)C)cc3CC[C@@H]12. The number of aryl methyl sites for hydroxylation is 1. The van der Waals surface area contributed by atoms with Crippen molar-refractivity contribution >= 4 is 0 Å². The number of nitrogens with zero attached hydrogens (tertiary/aromatic N) is 1. The third kappa shape index (κ3) is 3.21. The quantitative estimate of drug-likeness (QED) is 0.789. The minimum Gasteiger partial charge on any atom is -0.496 e. The van der Waals surface area contributed by atoms with Crippen molar-refractivity contribution in [2.75, 3.05) is 34.9 Å². The number of hydrogen-bond donors (Lipinski definition) is 0. The van der Waals surface area contributed by atoms with Crippen LogP contribution < -0.4 is 4.74 Å². The van der Waals surface area contributed by atoms with E-state index in [2.05, 4.69) is 45.0 Å². The Morgan fingerprint density at radius 1 is 1.16 bits per heavy atom. The summed E-state index contributed by atoms with van der Waals surface area (Å²) in [6.07, 6.45) is 6.30. The minimum atomic E-state index is 0.239. The van der Waals surface area contributed by atoms with Gasteiger partial charge in [0.05, 0.1) is 13.7 Å². The van der Waals surface area contributed by atoms with Crippen LogP contribution in [0.5, 0.6) is 5.75 Å². The van der Waals surface area contributed by atoms with Crippen molar-refractivity contribution in [2.24, 2.45) is 11.3 Å². The fraction of sp³-hybridized carbons (Fsp3) is 0.727. The summed E-state index contributed by atoms with van der Waals surface area (Å²) in [5.41, 5.74) is 4.91. The maximum atomic E-state index is 5.79. The molecule has 2 aliphatic rings. The van der Waals surface area contributed by atoms with Crippen LogP contribution in [0.15, 0.2) is 12.1 Å². The van der Waals surface area contributed by atoms with Gasteiger partial charge in [-0.3, -0.25) is 0 Å². The average Bonchev–Trinajstić information content (AvgIpc) is 2.53. The first-order valence-corrected chi connectivity index (χ1v) is 9.68. The Morgan fingerprint density at radius 2 is 1.92 bits per heavy atom. The predicted octanol–water partition coefficient (Wildman–Crippen LogP) is 4.41. The van der Waals surface area contributed by atoms with Gasteiger partial charge < -0.3 is 14.4 Å².